The first-order valence-electron chi connectivity index (χ1n) is 12.7. The van der Waals surface area contributed by atoms with Crippen molar-refractivity contribution in [2.75, 3.05) is 19.6 Å². The van der Waals surface area contributed by atoms with Gasteiger partial charge in [-0.3, -0.25) is 33.0 Å². The van der Waals surface area contributed by atoms with E-state index < -0.39 is 22.7 Å². The highest BCUT2D eigenvalue weighted by molar-refractivity contribution is 6.05. The van der Waals surface area contributed by atoms with Gasteiger partial charge in [-0.05, 0) is 58.2 Å². The Morgan fingerprint density at radius 3 is 2.36 bits per heavy atom. The second-order valence-electron chi connectivity index (χ2n) is 9.65. The lowest BCUT2D eigenvalue weighted by Crippen LogP contribution is -2.43. The number of piperidine rings is 1. The van der Waals surface area contributed by atoms with Crippen LogP contribution in [0.3, 0.4) is 0 Å². The molecule has 1 aliphatic heterocycles. The maximum absolute atomic E-state index is 13.2. The Balaban J connectivity index is 1.51. The van der Waals surface area contributed by atoms with Crippen LogP contribution in [0.2, 0.25) is 0 Å². The molecule has 0 bridgehead atoms. The minimum absolute atomic E-state index is 0.0272. The predicted molar refractivity (Wildman–Crippen MR) is 141 cm³/mol. The maximum Gasteiger partial charge on any atom is 0.332 e. The third-order valence-corrected chi connectivity index (χ3v) is 7.20. The number of nitrogens with one attached hydrogen (secondary N) is 1. The second-order valence-corrected chi connectivity index (χ2v) is 9.65. The summed E-state index contributed by atoms with van der Waals surface area (Å²) in [6.45, 7) is 9.32. The van der Waals surface area contributed by atoms with Crippen molar-refractivity contribution in [3.63, 3.8) is 0 Å². The van der Waals surface area contributed by atoms with E-state index in [4.69, 9.17) is 0 Å². The van der Waals surface area contributed by atoms with E-state index in [0.29, 0.717) is 12.5 Å². The second kappa shape index (κ2) is 10.7. The fraction of sp³-hybridized carbons (Fsp3) is 0.481. The van der Waals surface area contributed by atoms with Crippen molar-refractivity contribution in [1.82, 2.24) is 23.9 Å². The van der Waals surface area contributed by atoms with Crippen molar-refractivity contribution in [2.24, 2.45) is 13.0 Å². The highest BCUT2D eigenvalue weighted by Gasteiger charge is 2.24. The first-order valence-corrected chi connectivity index (χ1v) is 12.7. The number of carbonyl (C=O) groups excluding carboxylic acids is 1. The maximum atomic E-state index is 13.2. The summed E-state index contributed by atoms with van der Waals surface area (Å²) in [5.74, 6) is -0.136. The molecular formula is C27H35N5O4. The van der Waals surface area contributed by atoms with Gasteiger partial charge in [0.15, 0.2) is 0 Å². The number of carbonyl (C=O) groups is 1. The monoisotopic (exact) mass is 493 g/mol. The Morgan fingerprint density at radius 1 is 1.03 bits per heavy atom. The van der Waals surface area contributed by atoms with Crippen molar-refractivity contribution in [3.8, 4) is 0 Å². The quantitative estimate of drug-likeness (QED) is 0.542. The van der Waals surface area contributed by atoms with Crippen molar-refractivity contribution in [3.05, 3.63) is 78.2 Å². The number of benzene rings is 1. The van der Waals surface area contributed by atoms with Crippen LogP contribution in [-0.4, -0.2) is 44.1 Å². The molecule has 1 amide bonds. The van der Waals surface area contributed by atoms with E-state index in [1.54, 1.807) is 13.8 Å². The van der Waals surface area contributed by atoms with E-state index >= 15 is 0 Å². The predicted octanol–water partition coefficient (Wildman–Crippen LogP) is 1.85. The summed E-state index contributed by atoms with van der Waals surface area (Å²) < 4.78 is 3.73. The number of aryl methyl sites for hydroxylation is 3. The summed E-state index contributed by atoms with van der Waals surface area (Å²) in [6.07, 6.45) is 1.92. The minimum atomic E-state index is -0.549. The van der Waals surface area contributed by atoms with E-state index in [9.17, 15) is 19.2 Å². The van der Waals surface area contributed by atoms with Crippen molar-refractivity contribution in [2.45, 2.75) is 53.2 Å². The van der Waals surface area contributed by atoms with Crippen molar-refractivity contribution < 1.29 is 4.79 Å². The molecule has 3 aromatic rings. The first kappa shape index (κ1) is 25.6. The van der Waals surface area contributed by atoms with Gasteiger partial charge in [-0.2, -0.15) is 0 Å². The van der Waals surface area contributed by atoms with Crippen LogP contribution in [0.25, 0.3) is 11.0 Å². The van der Waals surface area contributed by atoms with Crippen LogP contribution in [0, 0.1) is 12.8 Å². The summed E-state index contributed by atoms with van der Waals surface area (Å²) in [5.41, 5.74) is 1.30. The lowest BCUT2D eigenvalue weighted by molar-refractivity contribution is 0.0936. The molecule has 3 heterocycles. The molecule has 4 rings (SSSR count). The lowest BCUT2D eigenvalue weighted by atomic mass is 9.96. The SMILES string of the molecule is CCn1c(=O)c2c(C(=O)NCC3CCN(Cc4cccc(C)c4)CC3)cc(=O)n(CC)c2n(C)c1=O. The molecule has 0 unspecified atom stereocenters. The molecule has 1 N–H and O–H groups in total. The third kappa shape index (κ3) is 4.93. The van der Waals surface area contributed by atoms with Crippen LogP contribution in [0.15, 0.2) is 44.7 Å². The highest BCUT2D eigenvalue weighted by atomic mass is 16.2. The van der Waals surface area contributed by atoms with Gasteiger partial charge < -0.3 is 5.32 Å². The Kier molecular flexibility index (Phi) is 7.59. The lowest BCUT2D eigenvalue weighted by Gasteiger charge is -2.32. The van der Waals surface area contributed by atoms with Crippen LogP contribution in [0.4, 0.5) is 0 Å². The molecule has 0 radical (unpaired) electrons. The molecule has 1 aromatic carbocycles. The zero-order valence-corrected chi connectivity index (χ0v) is 21.5. The van der Waals surface area contributed by atoms with Gasteiger partial charge in [0, 0.05) is 39.3 Å². The minimum Gasteiger partial charge on any atom is -0.352 e. The zero-order chi connectivity index (χ0) is 26.0. The summed E-state index contributed by atoms with van der Waals surface area (Å²) >= 11 is 0. The molecular weight excluding hydrogens is 458 g/mol. The molecule has 0 spiro atoms. The summed E-state index contributed by atoms with van der Waals surface area (Å²) in [6, 6.07) is 9.77. The van der Waals surface area contributed by atoms with Gasteiger partial charge in [-0.1, -0.05) is 29.8 Å². The van der Waals surface area contributed by atoms with Crippen LogP contribution in [-0.2, 0) is 26.7 Å². The van der Waals surface area contributed by atoms with Gasteiger partial charge in [-0.25, -0.2) is 4.79 Å². The molecule has 9 nitrogen and oxygen atoms in total. The topological polar surface area (TPSA) is 98.3 Å². The van der Waals surface area contributed by atoms with Crippen molar-refractivity contribution >= 4 is 16.9 Å². The third-order valence-electron chi connectivity index (χ3n) is 7.20. The van der Waals surface area contributed by atoms with Crippen LogP contribution in [0.5, 0.6) is 0 Å². The molecule has 1 fully saturated rings. The number of hydrogen-bond donors (Lipinski definition) is 1. The molecule has 1 saturated heterocycles. The fourth-order valence-corrected chi connectivity index (χ4v) is 5.20. The van der Waals surface area contributed by atoms with E-state index in [1.807, 2.05) is 0 Å². The molecule has 0 aliphatic carbocycles. The normalized spacial score (nSPS) is 14.9. The number of hydrogen-bond acceptors (Lipinski definition) is 5. The smallest absolute Gasteiger partial charge is 0.332 e. The van der Waals surface area contributed by atoms with Gasteiger partial charge in [0.1, 0.15) is 5.65 Å². The average Bonchev–Trinajstić information content (AvgIpc) is 2.86. The standard InChI is InChI=1S/C27H35N5O4/c1-5-31-22(33)15-21(23-25(31)29(4)27(36)32(6-2)26(23)35)24(34)28-16-19-10-12-30(13-11-19)17-20-9-7-8-18(3)14-20/h7-9,14-15,19H,5-6,10-13,16-17H2,1-4H3,(H,28,34). The Morgan fingerprint density at radius 2 is 1.72 bits per heavy atom. The number of nitrogens with zero attached hydrogens (tertiary/aromatic N) is 4. The summed E-state index contributed by atoms with van der Waals surface area (Å²) in [5, 5.41) is 3.06. The molecule has 192 valence electrons. The van der Waals surface area contributed by atoms with E-state index in [2.05, 4.69) is 41.4 Å². The number of fused-ring (bicyclic) bond motifs is 1. The van der Waals surface area contributed by atoms with Crippen LogP contribution < -0.4 is 22.1 Å². The van der Waals surface area contributed by atoms with Gasteiger partial charge in [0.05, 0.1) is 10.9 Å². The highest BCUT2D eigenvalue weighted by Crippen LogP contribution is 2.19. The van der Waals surface area contributed by atoms with Crippen molar-refractivity contribution in [1.29, 1.82) is 0 Å². The van der Waals surface area contributed by atoms with E-state index in [0.717, 1.165) is 37.0 Å². The van der Waals surface area contributed by atoms with Gasteiger partial charge in [0.2, 0.25) is 0 Å². The molecule has 0 saturated carbocycles. The van der Waals surface area contributed by atoms with E-state index in [-0.39, 0.29) is 29.7 Å². The first-order chi connectivity index (χ1) is 17.2. The van der Waals surface area contributed by atoms with Gasteiger partial charge in [0.25, 0.3) is 17.0 Å². The van der Waals surface area contributed by atoms with Crippen LogP contribution >= 0.6 is 0 Å². The number of aromatic nitrogens is 3. The molecule has 2 aromatic heterocycles. The molecule has 36 heavy (non-hydrogen) atoms. The summed E-state index contributed by atoms with van der Waals surface area (Å²) in [4.78, 5) is 54.3. The Labute approximate surface area is 210 Å². The zero-order valence-electron chi connectivity index (χ0n) is 21.5. The fourth-order valence-electron chi connectivity index (χ4n) is 5.20. The molecule has 1 aliphatic rings. The number of amides is 1. The van der Waals surface area contributed by atoms with Gasteiger partial charge >= 0.3 is 5.69 Å². The Bertz CT molecular complexity index is 1460. The molecule has 9 heteroatoms. The largest absolute Gasteiger partial charge is 0.352 e. The van der Waals surface area contributed by atoms with E-state index in [1.165, 1.54) is 33.4 Å². The molecule has 0 atom stereocenters. The number of rotatable bonds is 7. The average molecular weight is 494 g/mol. The van der Waals surface area contributed by atoms with Crippen LogP contribution in [0.1, 0.15) is 48.2 Å². The number of likely N-dealkylation sites (tertiary alicyclic amines) is 1. The Hall–Kier alpha value is -3.46. The van der Waals surface area contributed by atoms with Gasteiger partial charge in [-0.15, -0.1) is 0 Å². The number of pyridine rings is 1. The summed E-state index contributed by atoms with van der Waals surface area (Å²) in [7, 11) is 1.52.